The number of nitrogens with zero attached hydrogens (tertiary/aromatic N) is 2. The number of nitrogens with one attached hydrogen (secondary N) is 1. The van der Waals surface area contributed by atoms with E-state index in [1.54, 1.807) is 25.3 Å². The zero-order valence-corrected chi connectivity index (χ0v) is 10.00. The average Bonchev–Trinajstić information content (AvgIpc) is 2.46. The zero-order valence-electron chi connectivity index (χ0n) is 10.00. The maximum atomic E-state index is 11.7. The maximum Gasteiger partial charge on any atom is 0.271 e. The molecule has 2 rings (SSSR count). The lowest BCUT2D eigenvalue weighted by atomic mass is 10.2. The topological polar surface area (TPSA) is 54.4 Å². The van der Waals surface area contributed by atoms with Gasteiger partial charge in [-0.25, -0.2) is 5.43 Å². The van der Waals surface area contributed by atoms with Gasteiger partial charge in [-0.2, -0.15) is 5.10 Å². The second-order valence-electron chi connectivity index (χ2n) is 3.72. The molecule has 2 aromatic rings. The highest BCUT2D eigenvalue weighted by Gasteiger charge is 2.03. The first-order valence-corrected chi connectivity index (χ1v) is 5.58. The van der Waals surface area contributed by atoms with Crippen LogP contribution >= 0.6 is 0 Å². The predicted molar refractivity (Wildman–Crippen MR) is 70.4 cm³/mol. The number of carbonyl (C=O) groups is 1. The van der Waals surface area contributed by atoms with Gasteiger partial charge < -0.3 is 0 Å². The van der Waals surface area contributed by atoms with Crippen molar-refractivity contribution in [3.8, 4) is 0 Å². The lowest BCUT2D eigenvalue weighted by molar-refractivity contribution is 0.0955. The summed E-state index contributed by atoms with van der Waals surface area (Å²) in [6.07, 6.45) is 1.69. The van der Waals surface area contributed by atoms with E-state index < -0.39 is 0 Å². The predicted octanol–water partition coefficient (Wildman–Crippen LogP) is 2.24. The molecule has 0 aliphatic carbocycles. The van der Waals surface area contributed by atoms with E-state index in [1.807, 2.05) is 36.4 Å². The molecule has 1 aromatic carbocycles. The molecule has 90 valence electrons. The van der Waals surface area contributed by atoms with Gasteiger partial charge in [-0.15, -0.1) is 0 Å². The van der Waals surface area contributed by atoms with E-state index in [-0.39, 0.29) is 5.91 Å². The lowest BCUT2D eigenvalue weighted by Gasteiger charge is -2.02. The number of pyridine rings is 1. The summed E-state index contributed by atoms with van der Waals surface area (Å²) < 4.78 is 0. The Morgan fingerprint density at radius 2 is 1.83 bits per heavy atom. The number of rotatable bonds is 3. The van der Waals surface area contributed by atoms with Crippen LogP contribution in [0.25, 0.3) is 0 Å². The summed E-state index contributed by atoms with van der Waals surface area (Å²) in [5.41, 5.74) is 4.49. The van der Waals surface area contributed by atoms with Crippen LogP contribution in [0.2, 0.25) is 0 Å². The van der Waals surface area contributed by atoms with Gasteiger partial charge in [-0.1, -0.05) is 24.3 Å². The standard InChI is InChI=1S/C14H13N3O/c1-11(13-9-5-6-10-15-13)16-17-14(18)12-7-3-2-4-8-12/h2-10H,1H3,(H,17,18)/b16-11-. The van der Waals surface area contributed by atoms with Crippen LogP contribution in [0.1, 0.15) is 23.0 Å². The van der Waals surface area contributed by atoms with Crippen molar-refractivity contribution in [3.05, 3.63) is 66.0 Å². The van der Waals surface area contributed by atoms with Gasteiger partial charge in [-0.3, -0.25) is 9.78 Å². The quantitative estimate of drug-likeness (QED) is 0.659. The number of amides is 1. The maximum absolute atomic E-state index is 11.7. The van der Waals surface area contributed by atoms with E-state index in [0.717, 1.165) is 5.69 Å². The van der Waals surface area contributed by atoms with Gasteiger partial charge in [-0.05, 0) is 31.2 Å². The monoisotopic (exact) mass is 239 g/mol. The van der Waals surface area contributed by atoms with Crippen molar-refractivity contribution in [2.24, 2.45) is 5.10 Å². The van der Waals surface area contributed by atoms with Crippen LogP contribution in [-0.2, 0) is 0 Å². The molecule has 0 atom stereocenters. The van der Waals surface area contributed by atoms with Crippen LogP contribution in [0, 0.1) is 0 Å². The molecular formula is C14H13N3O. The SMILES string of the molecule is C/C(=N/NC(=O)c1ccccc1)c1ccccn1. The van der Waals surface area contributed by atoms with E-state index in [2.05, 4.69) is 15.5 Å². The van der Waals surface area contributed by atoms with Gasteiger partial charge in [0.25, 0.3) is 5.91 Å². The van der Waals surface area contributed by atoms with Gasteiger partial charge in [0, 0.05) is 11.8 Å². The highest BCUT2D eigenvalue weighted by atomic mass is 16.2. The van der Waals surface area contributed by atoms with Crippen LogP contribution in [0.3, 0.4) is 0 Å². The molecule has 0 radical (unpaired) electrons. The van der Waals surface area contributed by atoms with Gasteiger partial charge in [0.15, 0.2) is 0 Å². The van der Waals surface area contributed by atoms with Crippen molar-refractivity contribution < 1.29 is 4.79 Å². The van der Waals surface area contributed by atoms with Crippen LogP contribution in [0.15, 0.2) is 59.8 Å². The third-order valence-electron chi connectivity index (χ3n) is 2.40. The van der Waals surface area contributed by atoms with E-state index in [1.165, 1.54) is 0 Å². The van der Waals surface area contributed by atoms with Crippen LogP contribution < -0.4 is 5.43 Å². The van der Waals surface area contributed by atoms with Gasteiger partial charge >= 0.3 is 0 Å². The number of aromatic nitrogens is 1. The Labute approximate surface area is 105 Å². The summed E-state index contributed by atoms with van der Waals surface area (Å²) >= 11 is 0. The van der Waals surface area contributed by atoms with Crippen molar-refractivity contribution in [1.29, 1.82) is 0 Å². The molecule has 18 heavy (non-hydrogen) atoms. The third-order valence-corrected chi connectivity index (χ3v) is 2.40. The smallest absolute Gasteiger partial charge is 0.267 e. The molecule has 0 aliphatic heterocycles. The van der Waals surface area contributed by atoms with Crippen molar-refractivity contribution >= 4 is 11.6 Å². The zero-order chi connectivity index (χ0) is 12.8. The Balaban J connectivity index is 2.05. The number of hydrogen-bond donors (Lipinski definition) is 1. The fourth-order valence-electron chi connectivity index (χ4n) is 1.42. The molecule has 0 saturated heterocycles. The Hall–Kier alpha value is -2.49. The summed E-state index contributed by atoms with van der Waals surface area (Å²) in [6.45, 7) is 1.80. The molecule has 1 aromatic heterocycles. The minimum atomic E-state index is -0.231. The molecule has 4 heteroatoms. The molecule has 0 unspecified atom stereocenters. The van der Waals surface area contributed by atoms with E-state index in [0.29, 0.717) is 11.3 Å². The van der Waals surface area contributed by atoms with E-state index in [9.17, 15) is 4.79 Å². The van der Waals surface area contributed by atoms with Gasteiger partial charge in [0.1, 0.15) is 0 Å². The second-order valence-corrected chi connectivity index (χ2v) is 3.72. The molecule has 0 spiro atoms. The second kappa shape index (κ2) is 5.72. The molecule has 1 heterocycles. The first kappa shape index (κ1) is 12.0. The Kier molecular flexibility index (Phi) is 3.81. The lowest BCUT2D eigenvalue weighted by Crippen LogP contribution is -2.19. The first-order valence-electron chi connectivity index (χ1n) is 5.58. The first-order chi connectivity index (χ1) is 8.77. The number of hydrazone groups is 1. The van der Waals surface area contributed by atoms with Crippen molar-refractivity contribution in [3.63, 3.8) is 0 Å². The molecule has 0 bridgehead atoms. The number of hydrogen-bond acceptors (Lipinski definition) is 3. The molecule has 1 amide bonds. The van der Waals surface area contributed by atoms with E-state index in [4.69, 9.17) is 0 Å². The van der Waals surface area contributed by atoms with Crippen molar-refractivity contribution in [1.82, 2.24) is 10.4 Å². The Bertz CT molecular complexity index is 550. The fraction of sp³-hybridized carbons (Fsp3) is 0.0714. The third kappa shape index (κ3) is 3.01. The average molecular weight is 239 g/mol. The van der Waals surface area contributed by atoms with E-state index >= 15 is 0 Å². The molecule has 0 fully saturated rings. The van der Waals surface area contributed by atoms with Gasteiger partial charge in [0.2, 0.25) is 0 Å². The van der Waals surface area contributed by atoms with Crippen LogP contribution in [0.5, 0.6) is 0 Å². The normalized spacial score (nSPS) is 11.1. The summed E-state index contributed by atoms with van der Waals surface area (Å²) in [6, 6.07) is 14.5. The summed E-state index contributed by atoms with van der Waals surface area (Å²) in [5, 5.41) is 4.03. The molecular weight excluding hydrogens is 226 g/mol. The van der Waals surface area contributed by atoms with Crippen LogP contribution in [0.4, 0.5) is 0 Å². The minimum absolute atomic E-state index is 0.231. The summed E-state index contributed by atoms with van der Waals surface area (Å²) in [5.74, 6) is -0.231. The highest BCUT2D eigenvalue weighted by Crippen LogP contribution is 1.99. The summed E-state index contributed by atoms with van der Waals surface area (Å²) in [4.78, 5) is 15.9. The Morgan fingerprint density at radius 3 is 2.50 bits per heavy atom. The summed E-state index contributed by atoms with van der Waals surface area (Å²) in [7, 11) is 0. The number of benzene rings is 1. The molecule has 1 N–H and O–H groups in total. The van der Waals surface area contributed by atoms with Crippen molar-refractivity contribution in [2.45, 2.75) is 6.92 Å². The highest BCUT2D eigenvalue weighted by molar-refractivity contribution is 5.99. The number of carbonyl (C=O) groups excluding carboxylic acids is 1. The van der Waals surface area contributed by atoms with Crippen LogP contribution in [-0.4, -0.2) is 16.6 Å². The largest absolute Gasteiger partial charge is 0.271 e. The van der Waals surface area contributed by atoms with Crippen molar-refractivity contribution in [2.75, 3.05) is 0 Å². The molecule has 4 nitrogen and oxygen atoms in total. The molecule has 0 saturated carbocycles. The minimum Gasteiger partial charge on any atom is -0.267 e. The van der Waals surface area contributed by atoms with Gasteiger partial charge in [0.05, 0.1) is 11.4 Å². The fourth-order valence-corrected chi connectivity index (χ4v) is 1.42. The molecule has 0 aliphatic rings. The Morgan fingerprint density at radius 1 is 1.11 bits per heavy atom.